The van der Waals surface area contributed by atoms with E-state index >= 15 is 0 Å². The molecule has 2 heterocycles. The van der Waals surface area contributed by atoms with Gasteiger partial charge in [0.1, 0.15) is 6.33 Å². The van der Waals surface area contributed by atoms with Crippen molar-refractivity contribution in [1.82, 2.24) is 19.7 Å². The Kier molecular flexibility index (Phi) is 5.64. The number of fused-ring (bicyclic) bond motifs is 3. The molecular weight excluding hydrogens is 356 g/mol. The molecule has 7 nitrogen and oxygen atoms in total. The topological polar surface area (TPSA) is 77.8 Å². The second kappa shape index (κ2) is 8.17. The van der Waals surface area contributed by atoms with E-state index in [1.165, 1.54) is 6.42 Å². The van der Waals surface area contributed by atoms with E-state index in [2.05, 4.69) is 22.2 Å². The summed E-state index contributed by atoms with van der Waals surface area (Å²) >= 11 is 0. The van der Waals surface area contributed by atoms with Gasteiger partial charge in [-0.2, -0.15) is 0 Å². The molecule has 0 aromatic carbocycles. The Bertz CT molecular complexity index is 838. The molecule has 28 heavy (non-hydrogen) atoms. The summed E-state index contributed by atoms with van der Waals surface area (Å²) in [4.78, 5) is 21.9. The number of carbonyl (C=O) groups excluding carboxylic acids is 1. The molecular formula is C21H30N4O3. The molecule has 0 unspecified atom stereocenters. The van der Waals surface area contributed by atoms with Crippen LogP contribution in [0.2, 0.25) is 0 Å². The second-order valence-electron chi connectivity index (χ2n) is 8.18. The normalized spacial score (nSPS) is 26.2. The maximum absolute atomic E-state index is 12.9. The predicted molar refractivity (Wildman–Crippen MR) is 105 cm³/mol. The lowest BCUT2D eigenvalue weighted by atomic mass is 9.60. The lowest BCUT2D eigenvalue weighted by Crippen LogP contribution is -2.59. The van der Waals surface area contributed by atoms with Gasteiger partial charge in [-0.25, -0.2) is 9.97 Å². The van der Waals surface area contributed by atoms with Crippen molar-refractivity contribution in [1.29, 1.82) is 0 Å². The molecule has 2 aromatic heterocycles. The molecule has 0 aliphatic heterocycles. The van der Waals surface area contributed by atoms with E-state index in [0.29, 0.717) is 35.9 Å². The van der Waals surface area contributed by atoms with Crippen molar-refractivity contribution in [2.45, 2.75) is 64.7 Å². The first-order chi connectivity index (χ1) is 13.6. The number of carbonyl (C=O) groups is 1. The van der Waals surface area contributed by atoms with Crippen molar-refractivity contribution in [2.75, 3.05) is 13.7 Å². The molecule has 3 saturated carbocycles. The molecule has 4 atom stereocenters. The van der Waals surface area contributed by atoms with Crippen LogP contribution in [0.5, 0.6) is 0 Å². The molecule has 3 aliphatic carbocycles. The fourth-order valence-corrected chi connectivity index (χ4v) is 4.68. The van der Waals surface area contributed by atoms with Crippen molar-refractivity contribution in [2.24, 2.45) is 11.8 Å². The number of unbranched alkanes of at least 4 members (excludes halogenated alkanes) is 1. The molecule has 152 valence electrons. The first-order valence-corrected chi connectivity index (χ1v) is 10.4. The predicted octanol–water partition coefficient (Wildman–Crippen LogP) is 2.90. The van der Waals surface area contributed by atoms with Crippen LogP contribution in [-0.2, 0) is 16.1 Å². The van der Waals surface area contributed by atoms with Crippen LogP contribution < -0.4 is 5.32 Å². The zero-order valence-electron chi connectivity index (χ0n) is 17.0. The molecule has 0 radical (unpaired) electrons. The number of nitrogens with one attached hydrogen (secondary N) is 1. The second-order valence-corrected chi connectivity index (χ2v) is 8.18. The first-order valence-electron chi connectivity index (χ1n) is 10.4. The Labute approximate surface area is 165 Å². The van der Waals surface area contributed by atoms with Crippen molar-refractivity contribution in [3.63, 3.8) is 0 Å². The minimum absolute atomic E-state index is 0.131. The molecule has 1 N–H and O–H groups in total. The lowest BCUT2D eigenvalue weighted by molar-refractivity contribution is -0.0694. The van der Waals surface area contributed by atoms with Crippen LogP contribution in [0.15, 0.2) is 12.4 Å². The number of hydrogen-bond donors (Lipinski definition) is 1. The van der Waals surface area contributed by atoms with E-state index in [1.54, 1.807) is 13.4 Å². The molecule has 0 saturated heterocycles. The highest BCUT2D eigenvalue weighted by molar-refractivity contribution is 5.98. The van der Waals surface area contributed by atoms with Gasteiger partial charge in [0.05, 0.1) is 18.4 Å². The zero-order chi connectivity index (χ0) is 19.7. The number of imidazole rings is 1. The largest absolute Gasteiger partial charge is 0.378 e. The number of hydrogen-bond acceptors (Lipinski definition) is 5. The van der Waals surface area contributed by atoms with E-state index in [4.69, 9.17) is 9.47 Å². The number of methoxy groups -OCH3 is 1. The molecule has 7 heteroatoms. The maximum Gasteiger partial charge on any atom is 0.274 e. The van der Waals surface area contributed by atoms with Gasteiger partial charge in [0, 0.05) is 25.5 Å². The minimum atomic E-state index is -0.131. The summed E-state index contributed by atoms with van der Waals surface area (Å²) in [6.45, 7) is 5.43. The third-order valence-electron chi connectivity index (χ3n) is 6.16. The van der Waals surface area contributed by atoms with Crippen LogP contribution in [0.1, 0.15) is 60.9 Å². The Balaban J connectivity index is 1.42. The van der Waals surface area contributed by atoms with Crippen LogP contribution >= 0.6 is 0 Å². The Morgan fingerprint density at radius 3 is 2.82 bits per heavy atom. The van der Waals surface area contributed by atoms with Crippen LogP contribution in [0, 0.1) is 18.8 Å². The summed E-state index contributed by atoms with van der Waals surface area (Å²) in [7, 11) is 1.64. The molecule has 3 fully saturated rings. The smallest absolute Gasteiger partial charge is 0.274 e. The summed E-state index contributed by atoms with van der Waals surface area (Å²) in [5, 5.41) is 3.23. The standard InChI is InChI=1S/C21H30N4O3/c1-4-5-6-28-17-9-14-8-15(10-17)18(14)24-21(26)19-20-23-16(11-27-3)7-13(2)25(20)12-22-19/h7,12,14-15,17-18H,4-6,8-11H2,1-3H3,(H,24,26)/t14-,15+,17+,18+. The minimum Gasteiger partial charge on any atom is -0.378 e. The fraction of sp³-hybridized carbons (Fsp3) is 0.667. The summed E-state index contributed by atoms with van der Waals surface area (Å²) in [6.07, 6.45) is 7.60. The Morgan fingerprint density at radius 2 is 2.11 bits per heavy atom. The van der Waals surface area contributed by atoms with Gasteiger partial charge in [0.2, 0.25) is 0 Å². The van der Waals surface area contributed by atoms with Gasteiger partial charge in [-0.05, 0) is 50.5 Å². The quantitative estimate of drug-likeness (QED) is 0.706. The molecule has 2 aromatic rings. The van der Waals surface area contributed by atoms with Crippen molar-refractivity contribution < 1.29 is 14.3 Å². The van der Waals surface area contributed by atoms with Gasteiger partial charge in [-0.15, -0.1) is 0 Å². The van der Waals surface area contributed by atoms with E-state index < -0.39 is 0 Å². The van der Waals surface area contributed by atoms with Gasteiger partial charge >= 0.3 is 0 Å². The summed E-state index contributed by atoms with van der Waals surface area (Å²) in [5.74, 6) is 0.901. The summed E-state index contributed by atoms with van der Waals surface area (Å²) in [5.41, 5.74) is 2.77. The van der Waals surface area contributed by atoms with E-state index in [0.717, 1.165) is 43.7 Å². The number of ether oxygens (including phenoxy) is 2. The molecule has 1 amide bonds. The van der Waals surface area contributed by atoms with Crippen LogP contribution in [0.3, 0.4) is 0 Å². The number of aryl methyl sites for hydroxylation is 1. The molecule has 5 rings (SSSR count). The van der Waals surface area contributed by atoms with Crippen LogP contribution in [0.25, 0.3) is 5.65 Å². The fourth-order valence-electron chi connectivity index (χ4n) is 4.68. The highest BCUT2D eigenvalue weighted by Gasteiger charge is 2.48. The Hall–Kier alpha value is -1.99. The van der Waals surface area contributed by atoms with Gasteiger partial charge < -0.3 is 14.8 Å². The maximum atomic E-state index is 12.9. The number of rotatable bonds is 8. The summed E-state index contributed by atoms with van der Waals surface area (Å²) in [6, 6.07) is 2.19. The lowest BCUT2D eigenvalue weighted by Gasteiger charge is -2.52. The van der Waals surface area contributed by atoms with E-state index in [1.807, 2.05) is 17.4 Å². The van der Waals surface area contributed by atoms with Gasteiger partial charge in [-0.1, -0.05) is 13.3 Å². The van der Waals surface area contributed by atoms with Crippen molar-refractivity contribution in [3.05, 3.63) is 29.5 Å². The molecule has 3 aliphatic rings. The van der Waals surface area contributed by atoms with Gasteiger partial charge in [-0.3, -0.25) is 9.20 Å². The first kappa shape index (κ1) is 19.3. The third-order valence-corrected chi connectivity index (χ3v) is 6.16. The van der Waals surface area contributed by atoms with Crippen molar-refractivity contribution in [3.8, 4) is 0 Å². The average Bonchev–Trinajstić information content (AvgIpc) is 3.11. The Morgan fingerprint density at radius 1 is 1.32 bits per heavy atom. The monoisotopic (exact) mass is 386 g/mol. The van der Waals surface area contributed by atoms with Gasteiger partial charge in [0.25, 0.3) is 5.91 Å². The number of aromatic nitrogens is 3. The molecule has 0 spiro atoms. The number of amides is 1. The molecule has 2 bridgehead atoms. The highest BCUT2D eigenvalue weighted by Crippen LogP contribution is 2.46. The number of nitrogens with zero attached hydrogens (tertiary/aromatic N) is 3. The SMILES string of the molecule is CCCCO[C@@H]1C[C@@H]2C[C@H](C1)[C@@H]2NC(=O)c1ncn2c(C)cc(COC)nc12. The van der Waals surface area contributed by atoms with Crippen LogP contribution in [0.4, 0.5) is 0 Å². The zero-order valence-corrected chi connectivity index (χ0v) is 17.0. The van der Waals surface area contributed by atoms with Crippen LogP contribution in [-0.4, -0.2) is 46.1 Å². The van der Waals surface area contributed by atoms with E-state index in [9.17, 15) is 4.79 Å². The van der Waals surface area contributed by atoms with Crippen molar-refractivity contribution >= 4 is 11.6 Å². The highest BCUT2D eigenvalue weighted by atomic mass is 16.5. The average molecular weight is 386 g/mol. The summed E-state index contributed by atoms with van der Waals surface area (Å²) < 4.78 is 13.1. The van der Waals surface area contributed by atoms with E-state index in [-0.39, 0.29) is 11.9 Å². The van der Waals surface area contributed by atoms with Gasteiger partial charge in [0.15, 0.2) is 11.3 Å². The third kappa shape index (κ3) is 3.65.